The molecule has 1 fully saturated rings. The van der Waals surface area contributed by atoms with E-state index in [9.17, 15) is 5.11 Å². The van der Waals surface area contributed by atoms with Crippen LogP contribution in [-0.4, -0.2) is 23.9 Å². The summed E-state index contributed by atoms with van der Waals surface area (Å²) in [5.74, 6) is 0. The molecular formula is C15H22O2. The maximum Gasteiger partial charge on any atom is 0.0703 e. The lowest BCUT2D eigenvalue weighted by molar-refractivity contribution is -0.0989. The van der Waals surface area contributed by atoms with Gasteiger partial charge in [-0.25, -0.2) is 0 Å². The third kappa shape index (κ3) is 3.08. The fraction of sp³-hybridized carbons (Fsp3) is 0.600. The zero-order valence-corrected chi connectivity index (χ0v) is 10.8. The van der Waals surface area contributed by atoms with E-state index < -0.39 is 0 Å². The molecule has 2 rings (SSSR count). The molecule has 1 saturated carbocycles. The Labute approximate surface area is 104 Å². The average molecular weight is 234 g/mol. The summed E-state index contributed by atoms with van der Waals surface area (Å²) in [5.41, 5.74) is 2.42. The normalized spacial score (nSPS) is 19.7. The predicted octanol–water partition coefficient (Wildman–Crippen LogP) is 2.86. The summed E-state index contributed by atoms with van der Waals surface area (Å²) in [6, 6.07) is 8.38. The second-order valence-electron chi connectivity index (χ2n) is 5.29. The zero-order chi connectivity index (χ0) is 12.3. The summed E-state index contributed by atoms with van der Waals surface area (Å²) in [5, 5.41) is 10.1. The molecule has 1 aliphatic carbocycles. The summed E-state index contributed by atoms with van der Waals surface area (Å²) in [4.78, 5) is 0. The van der Waals surface area contributed by atoms with Crippen molar-refractivity contribution < 1.29 is 9.84 Å². The second kappa shape index (κ2) is 5.19. The van der Waals surface area contributed by atoms with Gasteiger partial charge in [0.15, 0.2) is 0 Å². The highest BCUT2D eigenvalue weighted by Gasteiger charge is 2.38. The van der Waals surface area contributed by atoms with E-state index in [1.165, 1.54) is 17.5 Å². The summed E-state index contributed by atoms with van der Waals surface area (Å²) in [6.07, 6.45) is 4.61. The highest BCUT2D eigenvalue weighted by Crippen LogP contribution is 2.39. The summed E-state index contributed by atoms with van der Waals surface area (Å²) in [7, 11) is 1.76. The van der Waals surface area contributed by atoms with Gasteiger partial charge in [0.25, 0.3) is 0 Å². The third-order valence-corrected chi connectivity index (χ3v) is 3.90. The van der Waals surface area contributed by atoms with Crippen LogP contribution in [0.5, 0.6) is 0 Å². The molecule has 94 valence electrons. The average Bonchev–Trinajstić information content (AvgIpc) is 2.27. The Kier molecular flexibility index (Phi) is 3.85. The van der Waals surface area contributed by atoms with Gasteiger partial charge in [0.05, 0.1) is 11.7 Å². The summed E-state index contributed by atoms with van der Waals surface area (Å²) in [6.45, 7) is 2.08. The van der Waals surface area contributed by atoms with Crippen molar-refractivity contribution in [3.8, 4) is 0 Å². The van der Waals surface area contributed by atoms with E-state index in [4.69, 9.17) is 4.74 Å². The Morgan fingerprint density at radius 1 is 1.29 bits per heavy atom. The quantitative estimate of drug-likeness (QED) is 0.849. The van der Waals surface area contributed by atoms with Crippen LogP contribution in [-0.2, 0) is 11.2 Å². The van der Waals surface area contributed by atoms with Crippen LogP contribution in [0.4, 0.5) is 0 Å². The SMILES string of the molecule is COC1(CC(O)Cc2ccc(C)cc2)CCC1. The minimum absolute atomic E-state index is 0.0376. The van der Waals surface area contributed by atoms with Crippen molar-refractivity contribution in [3.05, 3.63) is 35.4 Å². The Morgan fingerprint density at radius 3 is 2.41 bits per heavy atom. The van der Waals surface area contributed by atoms with Crippen LogP contribution in [0.15, 0.2) is 24.3 Å². The minimum Gasteiger partial charge on any atom is -0.393 e. The van der Waals surface area contributed by atoms with E-state index in [1.54, 1.807) is 7.11 Å². The number of methoxy groups -OCH3 is 1. The Morgan fingerprint density at radius 2 is 1.94 bits per heavy atom. The number of aliphatic hydroxyl groups excluding tert-OH is 1. The molecule has 2 nitrogen and oxygen atoms in total. The van der Waals surface area contributed by atoms with Crippen LogP contribution in [0.1, 0.15) is 36.8 Å². The maximum atomic E-state index is 10.1. The molecule has 1 aromatic rings. The van der Waals surface area contributed by atoms with Gasteiger partial charge >= 0.3 is 0 Å². The van der Waals surface area contributed by atoms with Crippen LogP contribution in [0.25, 0.3) is 0 Å². The number of rotatable bonds is 5. The van der Waals surface area contributed by atoms with Gasteiger partial charge in [-0.2, -0.15) is 0 Å². The summed E-state index contributed by atoms with van der Waals surface area (Å²) < 4.78 is 5.54. The molecule has 0 heterocycles. The topological polar surface area (TPSA) is 29.5 Å². The van der Waals surface area contributed by atoms with Gasteiger partial charge < -0.3 is 9.84 Å². The summed E-state index contributed by atoms with van der Waals surface area (Å²) >= 11 is 0. The highest BCUT2D eigenvalue weighted by molar-refractivity contribution is 5.21. The van der Waals surface area contributed by atoms with Crippen LogP contribution >= 0.6 is 0 Å². The molecular weight excluding hydrogens is 212 g/mol. The number of benzene rings is 1. The first-order valence-electron chi connectivity index (χ1n) is 6.42. The van der Waals surface area contributed by atoms with Crippen molar-refractivity contribution >= 4 is 0 Å². The minimum atomic E-state index is -0.294. The third-order valence-electron chi connectivity index (χ3n) is 3.90. The molecule has 0 spiro atoms. The Balaban J connectivity index is 1.88. The number of aliphatic hydroxyl groups is 1. The smallest absolute Gasteiger partial charge is 0.0703 e. The molecule has 1 unspecified atom stereocenters. The van der Waals surface area contributed by atoms with Crippen molar-refractivity contribution in [1.82, 2.24) is 0 Å². The molecule has 0 aliphatic heterocycles. The van der Waals surface area contributed by atoms with Crippen molar-refractivity contribution in [1.29, 1.82) is 0 Å². The Bertz CT molecular complexity index is 346. The molecule has 2 heteroatoms. The molecule has 0 amide bonds. The molecule has 17 heavy (non-hydrogen) atoms. The molecule has 1 N–H and O–H groups in total. The van der Waals surface area contributed by atoms with Gasteiger partial charge in [0.2, 0.25) is 0 Å². The molecule has 0 bridgehead atoms. The fourth-order valence-corrected chi connectivity index (χ4v) is 2.56. The maximum absolute atomic E-state index is 10.1. The van der Waals surface area contributed by atoms with E-state index in [1.807, 2.05) is 0 Å². The highest BCUT2D eigenvalue weighted by atomic mass is 16.5. The lowest BCUT2D eigenvalue weighted by atomic mass is 9.75. The van der Waals surface area contributed by atoms with E-state index in [-0.39, 0.29) is 11.7 Å². The van der Waals surface area contributed by atoms with Crippen molar-refractivity contribution in [3.63, 3.8) is 0 Å². The molecule has 0 radical (unpaired) electrons. The fourth-order valence-electron chi connectivity index (χ4n) is 2.56. The lowest BCUT2D eigenvalue weighted by Gasteiger charge is -2.41. The van der Waals surface area contributed by atoms with E-state index in [2.05, 4.69) is 31.2 Å². The first kappa shape index (κ1) is 12.6. The number of ether oxygens (including phenoxy) is 1. The lowest BCUT2D eigenvalue weighted by Crippen LogP contribution is -2.42. The van der Waals surface area contributed by atoms with Crippen molar-refractivity contribution in [2.75, 3.05) is 7.11 Å². The molecule has 0 saturated heterocycles. The van der Waals surface area contributed by atoms with Crippen LogP contribution < -0.4 is 0 Å². The number of aryl methyl sites for hydroxylation is 1. The van der Waals surface area contributed by atoms with Gasteiger partial charge in [-0.05, 0) is 38.2 Å². The van der Waals surface area contributed by atoms with Gasteiger partial charge in [0, 0.05) is 13.5 Å². The molecule has 0 aromatic heterocycles. The van der Waals surface area contributed by atoms with Crippen LogP contribution in [0, 0.1) is 6.92 Å². The van der Waals surface area contributed by atoms with Gasteiger partial charge in [0.1, 0.15) is 0 Å². The number of hydrogen-bond acceptors (Lipinski definition) is 2. The number of hydrogen-bond donors (Lipinski definition) is 1. The molecule has 1 atom stereocenters. The van der Waals surface area contributed by atoms with Gasteiger partial charge in [-0.15, -0.1) is 0 Å². The standard InChI is InChI=1S/C15H22O2/c1-12-4-6-13(7-5-12)10-14(16)11-15(17-2)8-3-9-15/h4-7,14,16H,3,8-11H2,1-2H3. The molecule has 1 aromatic carbocycles. The van der Waals surface area contributed by atoms with Gasteiger partial charge in [-0.1, -0.05) is 29.8 Å². The van der Waals surface area contributed by atoms with Gasteiger partial charge in [-0.3, -0.25) is 0 Å². The van der Waals surface area contributed by atoms with E-state index in [0.717, 1.165) is 25.7 Å². The largest absolute Gasteiger partial charge is 0.393 e. The van der Waals surface area contributed by atoms with Crippen LogP contribution in [0.2, 0.25) is 0 Å². The Hall–Kier alpha value is -0.860. The predicted molar refractivity (Wildman–Crippen MR) is 69.1 cm³/mol. The first-order chi connectivity index (χ1) is 8.13. The van der Waals surface area contributed by atoms with E-state index >= 15 is 0 Å². The second-order valence-corrected chi connectivity index (χ2v) is 5.29. The molecule has 1 aliphatic rings. The van der Waals surface area contributed by atoms with Crippen molar-refractivity contribution in [2.24, 2.45) is 0 Å². The monoisotopic (exact) mass is 234 g/mol. The van der Waals surface area contributed by atoms with Crippen molar-refractivity contribution in [2.45, 2.75) is 50.7 Å². The van der Waals surface area contributed by atoms with Crippen LogP contribution in [0.3, 0.4) is 0 Å². The van der Waals surface area contributed by atoms with E-state index in [0.29, 0.717) is 0 Å². The zero-order valence-electron chi connectivity index (χ0n) is 10.8. The first-order valence-corrected chi connectivity index (χ1v) is 6.42.